The van der Waals surface area contributed by atoms with E-state index in [9.17, 15) is 4.79 Å². The lowest BCUT2D eigenvalue weighted by Crippen LogP contribution is -2.36. The topological polar surface area (TPSA) is 76.6 Å². The van der Waals surface area contributed by atoms with Crippen LogP contribution in [0.5, 0.6) is 5.88 Å². The number of nitrogens with zero attached hydrogens (tertiary/aromatic N) is 3. The average molecular weight is 320 g/mol. The van der Waals surface area contributed by atoms with Gasteiger partial charge >= 0.3 is 6.09 Å². The Hall–Kier alpha value is -2.05. The Labute approximate surface area is 136 Å². The van der Waals surface area contributed by atoms with E-state index < -0.39 is 5.60 Å². The minimum absolute atomic E-state index is 0.0637. The van der Waals surface area contributed by atoms with Gasteiger partial charge in [-0.15, -0.1) is 0 Å². The number of ether oxygens (including phenoxy) is 2. The van der Waals surface area contributed by atoms with Crippen LogP contribution in [0.15, 0.2) is 12.4 Å². The summed E-state index contributed by atoms with van der Waals surface area (Å²) in [6, 6.07) is 2.35. The Kier molecular flexibility index (Phi) is 4.28. The molecule has 0 spiro atoms. The summed E-state index contributed by atoms with van der Waals surface area (Å²) in [4.78, 5) is 22.1. The fourth-order valence-electron chi connectivity index (χ4n) is 2.41. The maximum absolute atomic E-state index is 12.1. The van der Waals surface area contributed by atoms with Gasteiger partial charge in [0, 0.05) is 25.1 Å². The van der Waals surface area contributed by atoms with E-state index in [4.69, 9.17) is 9.47 Å². The number of aromatic nitrogens is 2. The first kappa shape index (κ1) is 15.8. The van der Waals surface area contributed by atoms with Crippen LogP contribution in [0.25, 0.3) is 0 Å². The van der Waals surface area contributed by atoms with Crippen LogP contribution in [0, 0.1) is 0 Å². The van der Waals surface area contributed by atoms with E-state index in [0.29, 0.717) is 25.0 Å². The van der Waals surface area contributed by atoms with Crippen molar-refractivity contribution in [2.45, 2.75) is 57.8 Å². The fourth-order valence-corrected chi connectivity index (χ4v) is 2.41. The van der Waals surface area contributed by atoms with Crippen LogP contribution in [0.2, 0.25) is 0 Å². The molecule has 2 fully saturated rings. The molecule has 2 aliphatic rings. The zero-order chi connectivity index (χ0) is 16.4. The minimum atomic E-state index is -0.480. The minimum Gasteiger partial charge on any atom is -0.472 e. The Morgan fingerprint density at radius 1 is 1.30 bits per heavy atom. The molecule has 3 rings (SSSR count). The summed E-state index contributed by atoms with van der Waals surface area (Å²) < 4.78 is 11.3. The molecule has 1 atom stereocenters. The smallest absolute Gasteiger partial charge is 0.410 e. The van der Waals surface area contributed by atoms with Gasteiger partial charge in [0.05, 0.1) is 6.54 Å². The number of hydrogen-bond acceptors (Lipinski definition) is 6. The van der Waals surface area contributed by atoms with E-state index in [2.05, 4.69) is 15.3 Å². The molecule has 1 unspecified atom stereocenters. The predicted octanol–water partition coefficient (Wildman–Crippen LogP) is 2.44. The van der Waals surface area contributed by atoms with E-state index in [1.807, 2.05) is 26.8 Å². The lowest BCUT2D eigenvalue weighted by atomic mass is 10.2. The molecule has 1 aliphatic carbocycles. The van der Waals surface area contributed by atoms with Crippen LogP contribution >= 0.6 is 0 Å². The predicted molar refractivity (Wildman–Crippen MR) is 85.5 cm³/mol. The van der Waals surface area contributed by atoms with Gasteiger partial charge in [-0.25, -0.2) is 14.8 Å². The van der Waals surface area contributed by atoms with Gasteiger partial charge in [0.15, 0.2) is 0 Å². The van der Waals surface area contributed by atoms with Crippen molar-refractivity contribution in [2.24, 2.45) is 0 Å². The zero-order valence-corrected chi connectivity index (χ0v) is 13.9. The molecule has 1 amide bonds. The molecule has 23 heavy (non-hydrogen) atoms. The van der Waals surface area contributed by atoms with Crippen LogP contribution in [0.4, 0.5) is 10.6 Å². The van der Waals surface area contributed by atoms with Crippen LogP contribution in [0.3, 0.4) is 0 Å². The highest BCUT2D eigenvalue weighted by molar-refractivity contribution is 5.68. The van der Waals surface area contributed by atoms with Crippen molar-refractivity contribution in [2.75, 3.05) is 18.4 Å². The number of amides is 1. The van der Waals surface area contributed by atoms with E-state index in [1.54, 1.807) is 4.90 Å². The molecule has 7 heteroatoms. The van der Waals surface area contributed by atoms with Crippen LogP contribution in [0.1, 0.15) is 40.0 Å². The fraction of sp³-hybridized carbons (Fsp3) is 0.688. The third-order valence-corrected chi connectivity index (χ3v) is 3.66. The second-order valence-electron chi connectivity index (χ2n) is 7.11. The van der Waals surface area contributed by atoms with Crippen molar-refractivity contribution in [3.05, 3.63) is 12.4 Å². The summed E-state index contributed by atoms with van der Waals surface area (Å²) in [5.74, 6) is 1.33. The van der Waals surface area contributed by atoms with Crippen LogP contribution in [-0.4, -0.2) is 51.8 Å². The molecule has 7 nitrogen and oxygen atoms in total. The second kappa shape index (κ2) is 6.22. The van der Waals surface area contributed by atoms with Crippen LogP contribution < -0.4 is 10.1 Å². The molecule has 1 saturated carbocycles. The Morgan fingerprint density at radius 2 is 2.09 bits per heavy atom. The van der Waals surface area contributed by atoms with Crippen LogP contribution in [-0.2, 0) is 4.74 Å². The normalized spacial score (nSPS) is 21.2. The quantitative estimate of drug-likeness (QED) is 0.918. The number of anilines is 1. The van der Waals surface area contributed by atoms with Gasteiger partial charge in [-0.1, -0.05) is 0 Å². The first-order valence-corrected chi connectivity index (χ1v) is 8.12. The Bertz CT molecular complexity index is 569. The lowest BCUT2D eigenvalue weighted by Gasteiger charge is -2.24. The molecule has 0 aromatic carbocycles. The molecule has 1 aromatic heterocycles. The van der Waals surface area contributed by atoms with Crippen molar-refractivity contribution < 1.29 is 14.3 Å². The lowest BCUT2D eigenvalue weighted by molar-refractivity contribution is 0.0275. The number of nitrogens with one attached hydrogen (secondary N) is 1. The summed E-state index contributed by atoms with van der Waals surface area (Å²) in [7, 11) is 0. The summed E-state index contributed by atoms with van der Waals surface area (Å²) in [6.45, 7) is 6.75. The summed E-state index contributed by atoms with van der Waals surface area (Å²) in [5, 5.41) is 3.32. The van der Waals surface area contributed by atoms with E-state index in [1.165, 1.54) is 19.2 Å². The third-order valence-electron chi connectivity index (χ3n) is 3.66. The molecule has 2 heterocycles. The molecule has 126 valence electrons. The van der Waals surface area contributed by atoms with Crippen molar-refractivity contribution in [3.63, 3.8) is 0 Å². The Balaban J connectivity index is 1.52. The molecule has 0 bridgehead atoms. The first-order valence-electron chi connectivity index (χ1n) is 8.12. The van der Waals surface area contributed by atoms with Crippen molar-refractivity contribution >= 4 is 11.9 Å². The largest absolute Gasteiger partial charge is 0.472 e. The highest BCUT2D eigenvalue weighted by Crippen LogP contribution is 2.25. The van der Waals surface area contributed by atoms with Gasteiger partial charge in [-0.05, 0) is 33.6 Å². The summed E-state index contributed by atoms with van der Waals surface area (Å²) in [6.07, 6.45) is 4.30. The average Bonchev–Trinajstić information content (AvgIpc) is 3.13. The maximum Gasteiger partial charge on any atom is 0.410 e. The highest BCUT2D eigenvalue weighted by Gasteiger charge is 2.31. The third kappa shape index (κ3) is 4.71. The van der Waals surface area contributed by atoms with Crippen molar-refractivity contribution in [3.8, 4) is 5.88 Å². The zero-order valence-electron chi connectivity index (χ0n) is 13.9. The van der Waals surface area contributed by atoms with Gasteiger partial charge in [-0.2, -0.15) is 0 Å². The highest BCUT2D eigenvalue weighted by atomic mass is 16.6. The van der Waals surface area contributed by atoms with Gasteiger partial charge in [-0.3, -0.25) is 0 Å². The molecular formula is C16H24N4O3. The monoisotopic (exact) mass is 320 g/mol. The van der Waals surface area contributed by atoms with Gasteiger partial charge in [0.25, 0.3) is 0 Å². The standard InChI is InChI=1S/C16H24N4O3/c1-16(2,3)23-15(21)20-7-6-12(9-20)22-14-8-13(17-10-18-14)19-11-4-5-11/h8,10-12H,4-7,9H2,1-3H3,(H,17,18,19). The first-order chi connectivity index (χ1) is 10.9. The number of hydrogen-bond donors (Lipinski definition) is 1. The van der Waals surface area contributed by atoms with Crippen molar-refractivity contribution in [1.29, 1.82) is 0 Å². The van der Waals surface area contributed by atoms with Crippen molar-refractivity contribution in [1.82, 2.24) is 14.9 Å². The number of rotatable bonds is 4. The maximum atomic E-state index is 12.1. The van der Waals surface area contributed by atoms with Gasteiger partial charge < -0.3 is 19.7 Å². The molecule has 0 radical (unpaired) electrons. The Morgan fingerprint density at radius 3 is 2.78 bits per heavy atom. The molecule has 1 aromatic rings. The SMILES string of the molecule is CC(C)(C)OC(=O)N1CCC(Oc2cc(NC3CC3)ncn2)C1. The van der Waals surface area contributed by atoms with E-state index >= 15 is 0 Å². The van der Waals surface area contributed by atoms with E-state index in [-0.39, 0.29) is 12.2 Å². The summed E-state index contributed by atoms with van der Waals surface area (Å²) in [5.41, 5.74) is -0.480. The molecule has 1 aliphatic heterocycles. The number of carbonyl (C=O) groups is 1. The second-order valence-corrected chi connectivity index (χ2v) is 7.11. The molecule has 1 N–H and O–H groups in total. The number of likely N-dealkylation sites (tertiary alicyclic amines) is 1. The molecular weight excluding hydrogens is 296 g/mol. The number of carbonyl (C=O) groups excluding carboxylic acids is 1. The summed E-state index contributed by atoms with van der Waals surface area (Å²) >= 11 is 0. The molecule has 1 saturated heterocycles. The van der Waals surface area contributed by atoms with Gasteiger partial charge in [0.2, 0.25) is 5.88 Å². The van der Waals surface area contributed by atoms with E-state index in [0.717, 1.165) is 12.2 Å². The van der Waals surface area contributed by atoms with Gasteiger partial charge in [0.1, 0.15) is 23.9 Å².